The number of amides is 2. The molecule has 1 aromatic heterocycles. The van der Waals surface area contributed by atoms with Crippen molar-refractivity contribution in [2.75, 3.05) is 7.05 Å². The molecule has 24 heavy (non-hydrogen) atoms. The zero-order valence-corrected chi connectivity index (χ0v) is 14.2. The Balaban J connectivity index is 1.73. The molecule has 2 heterocycles. The number of carbonyl (C=O) groups is 2. The Labute approximate surface area is 144 Å². The molecule has 2 atom stereocenters. The topological polar surface area (TPSA) is 49.4 Å². The SMILES string of the molecule is CN1C(=O)CC[C@@H](C(=O)NCc2cccc(F)c2)[C@H]1c1cccs1. The maximum Gasteiger partial charge on any atom is 0.225 e. The zero-order chi connectivity index (χ0) is 17.1. The third-order valence-electron chi connectivity index (χ3n) is 4.39. The number of benzene rings is 1. The van der Waals surface area contributed by atoms with Crippen molar-refractivity contribution in [2.45, 2.75) is 25.4 Å². The summed E-state index contributed by atoms with van der Waals surface area (Å²) in [7, 11) is 1.75. The molecule has 2 aromatic rings. The summed E-state index contributed by atoms with van der Waals surface area (Å²) in [5.41, 5.74) is 0.719. The average Bonchev–Trinajstić information content (AvgIpc) is 3.09. The molecule has 1 saturated heterocycles. The second kappa shape index (κ2) is 7.13. The van der Waals surface area contributed by atoms with Gasteiger partial charge in [-0.05, 0) is 35.6 Å². The van der Waals surface area contributed by atoms with E-state index in [4.69, 9.17) is 0 Å². The highest BCUT2D eigenvalue weighted by molar-refractivity contribution is 7.10. The minimum atomic E-state index is -0.318. The summed E-state index contributed by atoms with van der Waals surface area (Å²) in [6.07, 6.45) is 0.900. The molecule has 0 bridgehead atoms. The van der Waals surface area contributed by atoms with Crippen LogP contribution in [0.1, 0.15) is 29.3 Å². The predicted octanol–water partition coefficient (Wildman–Crippen LogP) is 3.11. The lowest BCUT2D eigenvalue weighted by molar-refractivity contribution is -0.141. The number of hydrogen-bond acceptors (Lipinski definition) is 3. The summed E-state index contributed by atoms with van der Waals surface area (Å²) in [4.78, 5) is 27.4. The highest BCUT2D eigenvalue weighted by Crippen LogP contribution is 2.37. The van der Waals surface area contributed by atoms with Gasteiger partial charge in [-0.2, -0.15) is 0 Å². The molecule has 6 heteroatoms. The first-order valence-corrected chi connectivity index (χ1v) is 8.75. The first kappa shape index (κ1) is 16.6. The van der Waals surface area contributed by atoms with E-state index in [1.165, 1.54) is 12.1 Å². The van der Waals surface area contributed by atoms with Gasteiger partial charge in [-0.3, -0.25) is 9.59 Å². The van der Waals surface area contributed by atoms with Crippen LogP contribution < -0.4 is 5.32 Å². The molecule has 0 spiro atoms. The largest absolute Gasteiger partial charge is 0.352 e. The molecular weight excluding hydrogens is 327 g/mol. The zero-order valence-electron chi connectivity index (χ0n) is 13.4. The van der Waals surface area contributed by atoms with E-state index in [0.29, 0.717) is 12.8 Å². The predicted molar refractivity (Wildman–Crippen MR) is 90.8 cm³/mol. The van der Waals surface area contributed by atoms with E-state index in [-0.39, 0.29) is 36.1 Å². The number of carbonyl (C=O) groups excluding carboxylic acids is 2. The van der Waals surface area contributed by atoms with Crippen LogP contribution in [-0.4, -0.2) is 23.8 Å². The Morgan fingerprint density at radius 1 is 1.38 bits per heavy atom. The molecule has 1 aliphatic rings. The molecule has 2 amide bonds. The third kappa shape index (κ3) is 3.48. The molecule has 4 nitrogen and oxygen atoms in total. The lowest BCUT2D eigenvalue weighted by Crippen LogP contribution is -2.45. The van der Waals surface area contributed by atoms with Crippen molar-refractivity contribution in [3.05, 3.63) is 58.0 Å². The summed E-state index contributed by atoms with van der Waals surface area (Å²) in [6, 6.07) is 9.83. The summed E-state index contributed by atoms with van der Waals surface area (Å²) in [6.45, 7) is 0.280. The Morgan fingerprint density at radius 2 is 2.21 bits per heavy atom. The molecule has 0 aliphatic carbocycles. The number of rotatable bonds is 4. The lowest BCUT2D eigenvalue weighted by atomic mass is 9.87. The first-order valence-electron chi connectivity index (χ1n) is 7.87. The first-order chi connectivity index (χ1) is 11.6. The number of nitrogens with one attached hydrogen (secondary N) is 1. The maximum absolute atomic E-state index is 13.2. The number of nitrogens with zero attached hydrogens (tertiary/aromatic N) is 1. The van der Waals surface area contributed by atoms with E-state index in [1.54, 1.807) is 35.4 Å². The molecule has 126 valence electrons. The minimum absolute atomic E-state index is 0.0579. The molecule has 3 rings (SSSR count). The van der Waals surface area contributed by atoms with Crippen molar-refractivity contribution in [2.24, 2.45) is 5.92 Å². The van der Waals surface area contributed by atoms with E-state index in [1.807, 2.05) is 17.5 Å². The van der Waals surface area contributed by atoms with Crippen molar-refractivity contribution >= 4 is 23.2 Å². The van der Waals surface area contributed by atoms with Crippen LogP contribution in [0.2, 0.25) is 0 Å². The van der Waals surface area contributed by atoms with Gasteiger partial charge in [0.15, 0.2) is 0 Å². The normalized spacial score (nSPS) is 20.9. The van der Waals surface area contributed by atoms with Gasteiger partial charge in [-0.1, -0.05) is 18.2 Å². The van der Waals surface area contributed by atoms with E-state index < -0.39 is 0 Å². The lowest BCUT2D eigenvalue weighted by Gasteiger charge is -2.37. The van der Waals surface area contributed by atoms with Crippen molar-refractivity contribution < 1.29 is 14.0 Å². The van der Waals surface area contributed by atoms with E-state index in [9.17, 15) is 14.0 Å². The van der Waals surface area contributed by atoms with Gasteiger partial charge in [0.1, 0.15) is 5.82 Å². The number of thiophene rings is 1. The quantitative estimate of drug-likeness (QED) is 0.925. The summed E-state index contributed by atoms with van der Waals surface area (Å²) in [5, 5.41) is 4.83. The van der Waals surface area contributed by atoms with Crippen LogP contribution in [0.5, 0.6) is 0 Å². The Bertz CT molecular complexity index is 732. The van der Waals surface area contributed by atoms with Gasteiger partial charge in [0, 0.05) is 24.9 Å². The molecule has 0 unspecified atom stereocenters. The van der Waals surface area contributed by atoms with Crippen molar-refractivity contribution in [1.82, 2.24) is 10.2 Å². The van der Waals surface area contributed by atoms with Gasteiger partial charge < -0.3 is 10.2 Å². The van der Waals surface area contributed by atoms with E-state index in [0.717, 1.165) is 10.4 Å². The molecular formula is C18H19FN2O2S. The number of likely N-dealkylation sites (tertiary alicyclic amines) is 1. The van der Waals surface area contributed by atoms with Gasteiger partial charge in [0.2, 0.25) is 11.8 Å². The average molecular weight is 346 g/mol. The van der Waals surface area contributed by atoms with Crippen LogP contribution in [0, 0.1) is 11.7 Å². The molecule has 1 N–H and O–H groups in total. The molecule has 1 aliphatic heterocycles. The monoisotopic (exact) mass is 346 g/mol. The van der Waals surface area contributed by atoms with Crippen molar-refractivity contribution in [3.63, 3.8) is 0 Å². The van der Waals surface area contributed by atoms with E-state index >= 15 is 0 Å². The van der Waals surface area contributed by atoms with Crippen LogP contribution in [-0.2, 0) is 16.1 Å². The van der Waals surface area contributed by atoms with Gasteiger partial charge in [-0.25, -0.2) is 4.39 Å². The second-order valence-electron chi connectivity index (χ2n) is 5.96. The molecule has 1 aromatic carbocycles. The Hall–Kier alpha value is -2.21. The number of piperidine rings is 1. The number of hydrogen-bond donors (Lipinski definition) is 1. The Kier molecular flexibility index (Phi) is 4.94. The maximum atomic E-state index is 13.2. The van der Waals surface area contributed by atoms with Crippen molar-refractivity contribution in [3.8, 4) is 0 Å². The fourth-order valence-corrected chi connectivity index (χ4v) is 4.06. The highest BCUT2D eigenvalue weighted by Gasteiger charge is 2.39. The summed E-state index contributed by atoms with van der Waals surface area (Å²) < 4.78 is 13.2. The summed E-state index contributed by atoms with van der Waals surface area (Å²) >= 11 is 1.55. The second-order valence-corrected chi connectivity index (χ2v) is 6.94. The van der Waals surface area contributed by atoms with Gasteiger partial charge in [-0.15, -0.1) is 11.3 Å². The minimum Gasteiger partial charge on any atom is -0.352 e. The fraction of sp³-hybridized carbons (Fsp3) is 0.333. The molecule has 0 radical (unpaired) electrons. The van der Waals surface area contributed by atoms with Crippen LogP contribution in [0.25, 0.3) is 0 Å². The van der Waals surface area contributed by atoms with Crippen molar-refractivity contribution in [1.29, 1.82) is 0 Å². The highest BCUT2D eigenvalue weighted by atomic mass is 32.1. The van der Waals surface area contributed by atoms with Gasteiger partial charge in [0.25, 0.3) is 0 Å². The standard InChI is InChI=1S/C18H19FN2O2S/c1-21-16(22)8-7-14(17(21)15-6-3-9-24-15)18(23)20-11-12-4-2-5-13(19)10-12/h2-6,9-10,14,17H,7-8,11H2,1H3,(H,20,23)/t14-,17+/m1/s1. The number of halogens is 1. The Morgan fingerprint density at radius 3 is 2.92 bits per heavy atom. The van der Waals surface area contributed by atoms with Crippen LogP contribution >= 0.6 is 11.3 Å². The van der Waals surface area contributed by atoms with Gasteiger partial charge >= 0.3 is 0 Å². The van der Waals surface area contributed by atoms with Crippen LogP contribution in [0.4, 0.5) is 4.39 Å². The summed E-state index contributed by atoms with van der Waals surface area (Å²) in [5.74, 6) is -0.652. The molecule has 0 saturated carbocycles. The molecule has 1 fully saturated rings. The van der Waals surface area contributed by atoms with Crippen LogP contribution in [0.15, 0.2) is 41.8 Å². The fourth-order valence-electron chi connectivity index (χ4n) is 3.13. The third-order valence-corrected chi connectivity index (χ3v) is 5.33. The van der Waals surface area contributed by atoms with Crippen LogP contribution in [0.3, 0.4) is 0 Å². The smallest absolute Gasteiger partial charge is 0.225 e. The van der Waals surface area contributed by atoms with Gasteiger partial charge in [0.05, 0.1) is 12.0 Å². The van der Waals surface area contributed by atoms with E-state index in [2.05, 4.69) is 5.32 Å².